The van der Waals surface area contributed by atoms with Crippen LogP contribution in [0.25, 0.3) is 11.1 Å². The van der Waals surface area contributed by atoms with Gasteiger partial charge >= 0.3 is 5.97 Å². The predicted molar refractivity (Wildman–Crippen MR) is 113 cm³/mol. The van der Waals surface area contributed by atoms with E-state index in [4.69, 9.17) is 4.74 Å². The Morgan fingerprint density at radius 1 is 1.11 bits per heavy atom. The molecule has 144 valence electrons. The van der Waals surface area contributed by atoms with E-state index in [1.54, 1.807) is 11.9 Å². The number of fused-ring (bicyclic) bond motifs is 1. The van der Waals surface area contributed by atoms with Gasteiger partial charge in [0, 0.05) is 11.3 Å². The molecule has 1 aliphatic heterocycles. The maximum absolute atomic E-state index is 11.6. The molecule has 0 atom stereocenters. The number of benzene rings is 2. The number of carbonyl (C=O) groups is 1. The fraction of sp³-hybridized carbons (Fsp3) is 0.409. The van der Waals surface area contributed by atoms with Crippen LogP contribution >= 0.6 is 11.9 Å². The summed E-state index contributed by atoms with van der Waals surface area (Å²) in [6.07, 6.45) is 3.34. The Hall–Kier alpha value is -2.14. The highest BCUT2D eigenvalue weighted by Gasteiger charge is 2.23. The zero-order chi connectivity index (χ0) is 19.4. The van der Waals surface area contributed by atoms with Gasteiger partial charge in [0.1, 0.15) is 5.75 Å². The molecule has 0 aromatic heterocycles. The first kappa shape index (κ1) is 19.6. The summed E-state index contributed by atoms with van der Waals surface area (Å²) in [5, 5.41) is 9.53. The number of aliphatic carboxylic acids is 1. The van der Waals surface area contributed by atoms with Gasteiger partial charge in [-0.1, -0.05) is 41.8 Å². The Bertz CT molecular complexity index is 831. The van der Waals surface area contributed by atoms with E-state index in [0.29, 0.717) is 6.61 Å². The van der Waals surface area contributed by atoms with Crippen LogP contribution in [-0.4, -0.2) is 23.4 Å². The van der Waals surface area contributed by atoms with Gasteiger partial charge in [0.25, 0.3) is 0 Å². The number of aryl methyl sites for hydroxylation is 1. The minimum Gasteiger partial charge on any atom is -0.491 e. The minimum atomic E-state index is -0.820. The lowest BCUT2D eigenvalue weighted by Crippen LogP contribution is -2.11. The summed E-state index contributed by atoms with van der Waals surface area (Å²) in [6, 6.07) is 8.26. The molecule has 1 aliphatic rings. The Morgan fingerprint density at radius 3 is 2.56 bits per heavy atom. The van der Waals surface area contributed by atoms with Crippen molar-refractivity contribution in [3.63, 3.8) is 0 Å². The van der Waals surface area contributed by atoms with Crippen molar-refractivity contribution in [2.24, 2.45) is 0 Å². The quantitative estimate of drug-likeness (QED) is 0.681. The highest BCUT2D eigenvalue weighted by molar-refractivity contribution is 8.00. The van der Waals surface area contributed by atoms with E-state index in [-0.39, 0.29) is 6.42 Å². The second-order valence-corrected chi connectivity index (χ2v) is 8.00. The first-order valence-corrected chi connectivity index (χ1v) is 10.4. The van der Waals surface area contributed by atoms with E-state index >= 15 is 0 Å². The monoisotopic (exact) mass is 385 g/mol. The smallest absolute Gasteiger partial charge is 0.307 e. The molecule has 3 rings (SSSR count). The Balaban J connectivity index is 2.22. The van der Waals surface area contributed by atoms with E-state index in [9.17, 15) is 9.90 Å². The number of rotatable bonds is 3. The van der Waals surface area contributed by atoms with Crippen LogP contribution in [-0.2, 0) is 11.2 Å². The molecule has 27 heavy (non-hydrogen) atoms. The van der Waals surface area contributed by atoms with Crippen LogP contribution in [0.15, 0.2) is 24.3 Å². The number of carboxylic acid groups (broad SMARTS) is 1. The lowest BCUT2D eigenvalue weighted by Gasteiger charge is -2.25. The molecular weight excluding hydrogens is 358 g/mol. The van der Waals surface area contributed by atoms with Crippen molar-refractivity contribution < 1.29 is 14.6 Å². The molecule has 0 bridgehead atoms. The van der Waals surface area contributed by atoms with Crippen LogP contribution in [0.4, 0.5) is 5.69 Å². The molecule has 0 spiro atoms. The van der Waals surface area contributed by atoms with Crippen molar-refractivity contribution >= 4 is 23.6 Å². The van der Waals surface area contributed by atoms with Gasteiger partial charge in [0.05, 0.1) is 18.7 Å². The number of hydrogen-bond donors (Lipinski definition) is 2. The second-order valence-electron chi connectivity index (χ2n) is 7.10. The number of anilines is 1. The minimum absolute atomic E-state index is 0.00445. The van der Waals surface area contributed by atoms with E-state index in [1.807, 2.05) is 13.8 Å². The van der Waals surface area contributed by atoms with Gasteiger partial charge in [-0.05, 0) is 62.3 Å². The Kier molecular flexibility index (Phi) is 6.32. The fourth-order valence-corrected chi connectivity index (χ4v) is 4.41. The average Bonchev–Trinajstić information content (AvgIpc) is 2.64. The van der Waals surface area contributed by atoms with Gasteiger partial charge in [-0.15, -0.1) is 0 Å². The Labute approximate surface area is 165 Å². The molecule has 2 aromatic carbocycles. The van der Waals surface area contributed by atoms with Crippen molar-refractivity contribution in [1.82, 2.24) is 0 Å². The molecule has 0 radical (unpaired) electrons. The summed E-state index contributed by atoms with van der Waals surface area (Å²) >= 11 is 1.67. The van der Waals surface area contributed by atoms with Gasteiger partial charge in [-0.2, -0.15) is 0 Å². The standard InChI is InChI=1S/C22H27NO3S/c1-14-7-9-17(10-8-14)20-16(3)22-21(15(2)18(20)13-19(24)25)23-27-12-6-4-5-11-26-22/h7-10,23H,4-6,11-13H2,1-3H3,(H,24,25). The number of ether oxygens (including phenoxy) is 1. The molecular formula is C22H27NO3S. The van der Waals surface area contributed by atoms with E-state index in [1.165, 1.54) is 5.56 Å². The third-order valence-corrected chi connectivity index (χ3v) is 5.89. The summed E-state index contributed by atoms with van der Waals surface area (Å²) in [6.45, 7) is 6.77. The molecule has 1 heterocycles. The predicted octanol–water partition coefficient (Wildman–Crippen LogP) is 5.53. The van der Waals surface area contributed by atoms with Gasteiger partial charge in [-0.25, -0.2) is 0 Å². The third-order valence-electron chi connectivity index (χ3n) is 5.05. The zero-order valence-electron chi connectivity index (χ0n) is 16.2. The molecule has 2 aromatic rings. The molecule has 5 heteroatoms. The molecule has 4 nitrogen and oxygen atoms in total. The summed E-state index contributed by atoms with van der Waals surface area (Å²) < 4.78 is 9.64. The maximum atomic E-state index is 11.6. The van der Waals surface area contributed by atoms with E-state index in [2.05, 4.69) is 35.9 Å². The van der Waals surface area contributed by atoms with E-state index < -0.39 is 5.97 Å². The summed E-state index contributed by atoms with van der Waals surface area (Å²) in [5.41, 5.74) is 6.95. The number of hydrogen-bond acceptors (Lipinski definition) is 4. The number of carboxylic acids is 1. The van der Waals surface area contributed by atoms with E-state index in [0.717, 1.165) is 64.3 Å². The summed E-state index contributed by atoms with van der Waals surface area (Å²) in [7, 11) is 0. The molecule has 0 unspecified atom stereocenters. The van der Waals surface area contributed by atoms with Crippen LogP contribution in [0.3, 0.4) is 0 Å². The van der Waals surface area contributed by atoms with Crippen molar-refractivity contribution in [3.8, 4) is 16.9 Å². The lowest BCUT2D eigenvalue weighted by molar-refractivity contribution is -0.136. The van der Waals surface area contributed by atoms with Crippen molar-refractivity contribution in [3.05, 3.63) is 46.5 Å². The summed E-state index contributed by atoms with van der Waals surface area (Å²) in [5.74, 6) is 1.07. The van der Waals surface area contributed by atoms with Crippen molar-refractivity contribution in [2.75, 3.05) is 17.1 Å². The molecule has 0 saturated carbocycles. The SMILES string of the molecule is Cc1ccc(-c2c(C)c3c(c(C)c2CC(=O)O)NSCCCCCO3)cc1. The zero-order valence-corrected chi connectivity index (χ0v) is 17.0. The molecule has 0 fully saturated rings. The average molecular weight is 386 g/mol. The van der Waals surface area contributed by atoms with Crippen LogP contribution in [0.2, 0.25) is 0 Å². The van der Waals surface area contributed by atoms with Crippen LogP contribution in [0.1, 0.15) is 41.5 Å². The molecule has 0 saturated heterocycles. The van der Waals surface area contributed by atoms with Crippen LogP contribution < -0.4 is 9.46 Å². The third kappa shape index (κ3) is 4.41. The first-order valence-electron chi connectivity index (χ1n) is 9.44. The molecule has 0 aliphatic carbocycles. The molecule has 2 N–H and O–H groups in total. The fourth-order valence-electron chi connectivity index (χ4n) is 3.57. The van der Waals surface area contributed by atoms with Gasteiger partial charge < -0.3 is 14.6 Å². The highest BCUT2D eigenvalue weighted by atomic mass is 32.2. The van der Waals surface area contributed by atoms with Gasteiger partial charge in [0.15, 0.2) is 0 Å². The highest BCUT2D eigenvalue weighted by Crippen LogP contribution is 2.44. The normalized spacial score (nSPS) is 14.6. The topological polar surface area (TPSA) is 58.6 Å². The van der Waals surface area contributed by atoms with Crippen molar-refractivity contribution in [1.29, 1.82) is 0 Å². The van der Waals surface area contributed by atoms with Gasteiger partial charge in [-0.3, -0.25) is 4.79 Å². The number of nitrogens with one attached hydrogen (secondary N) is 1. The maximum Gasteiger partial charge on any atom is 0.307 e. The van der Waals surface area contributed by atoms with Crippen molar-refractivity contribution in [2.45, 2.75) is 46.5 Å². The second kappa shape index (κ2) is 8.70. The van der Waals surface area contributed by atoms with Crippen LogP contribution in [0, 0.1) is 20.8 Å². The van der Waals surface area contributed by atoms with Gasteiger partial charge in [0.2, 0.25) is 0 Å². The largest absolute Gasteiger partial charge is 0.491 e. The summed E-state index contributed by atoms with van der Waals surface area (Å²) in [4.78, 5) is 11.6. The van der Waals surface area contributed by atoms with Crippen LogP contribution in [0.5, 0.6) is 5.75 Å². The first-order chi connectivity index (χ1) is 13.0. The molecule has 0 amide bonds. The Morgan fingerprint density at radius 2 is 1.85 bits per heavy atom. The lowest BCUT2D eigenvalue weighted by atomic mass is 9.88.